The summed E-state index contributed by atoms with van der Waals surface area (Å²) in [6.45, 7) is 3.13. The lowest BCUT2D eigenvalue weighted by Gasteiger charge is -2.23. The van der Waals surface area contributed by atoms with E-state index in [0.717, 1.165) is 12.8 Å². The minimum atomic E-state index is -0.0900. The molecule has 0 aromatic heterocycles. The molecular formula is C15H21NO4. The molecule has 0 saturated carbocycles. The van der Waals surface area contributed by atoms with Crippen LogP contribution in [0.1, 0.15) is 19.8 Å². The van der Waals surface area contributed by atoms with Crippen LogP contribution in [0, 0.1) is 0 Å². The summed E-state index contributed by atoms with van der Waals surface area (Å²) in [4.78, 5) is 13.8. The number of hydrogen-bond donors (Lipinski definition) is 1. The molecule has 0 bridgehead atoms. The lowest BCUT2D eigenvalue weighted by atomic mass is 10.2. The average molecular weight is 279 g/mol. The van der Waals surface area contributed by atoms with E-state index in [-0.39, 0.29) is 25.2 Å². The highest BCUT2D eigenvalue weighted by Gasteiger charge is 2.28. The molecule has 1 atom stereocenters. The smallest absolute Gasteiger partial charge is 0.260 e. The summed E-state index contributed by atoms with van der Waals surface area (Å²) < 4.78 is 11.0. The first kappa shape index (κ1) is 14.7. The first-order valence-electron chi connectivity index (χ1n) is 7.01. The molecule has 5 nitrogen and oxygen atoms in total. The summed E-state index contributed by atoms with van der Waals surface area (Å²) >= 11 is 0. The van der Waals surface area contributed by atoms with Gasteiger partial charge in [-0.15, -0.1) is 0 Å². The zero-order valence-corrected chi connectivity index (χ0v) is 11.7. The van der Waals surface area contributed by atoms with Crippen LogP contribution < -0.4 is 9.47 Å². The predicted octanol–water partition coefficient (Wildman–Crippen LogP) is 1.45. The van der Waals surface area contributed by atoms with Crippen LogP contribution in [0.3, 0.4) is 0 Å². The minimum Gasteiger partial charge on any atom is -0.490 e. The summed E-state index contributed by atoms with van der Waals surface area (Å²) in [7, 11) is 0. The van der Waals surface area contributed by atoms with Crippen LogP contribution in [-0.4, -0.2) is 48.3 Å². The van der Waals surface area contributed by atoms with Crippen molar-refractivity contribution in [1.29, 1.82) is 0 Å². The third-order valence-electron chi connectivity index (χ3n) is 3.41. The van der Waals surface area contributed by atoms with Crippen molar-refractivity contribution < 1.29 is 19.4 Å². The van der Waals surface area contributed by atoms with E-state index in [9.17, 15) is 9.90 Å². The third kappa shape index (κ3) is 3.42. The number of likely N-dealkylation sites (tertiary alicyclic amines) is 1. The van der Waals surface area contributed by atoms with E-state index in [0.29, 0.717) is 24.7 Å². The molecule has 1 aliphatic rings. The number of ether oxygens (including phenoxy) is 2. The Labute approximate surface area is 119 Å². The second-order valence-corrected chi connectivity index (χ2v) is 4.73. The van der Waals surface area contributed by atoms with Crippen LogP contribution in [0.2, 0.25) is 0 Å². The summed E-state index contributed by atoms with van der Waals surface area (Å²) in [5.41, 5.74) is 0. The second-order valence-electron chi connectivity index (χ2n) is 4.73. The zero-order chi connectivity index (χ0) is 14.4. The molecule has 0 spiro atoms. The van der Waals surface area contributed by atoms with Crippen LogP contribution in [0.4, 0.5) is 0 Å². The molecule has 1 saturated heterocycles. The van der Waals surface area contributed by atoms with Crippen LogP contribution in [0.15, 0.2) is 24.3 Å². The number of benzene rings is 1. The van der Waals surface area contributed by atoms with E-state index >= 15 is 0 Å². The quantitative estimate of drug-likeness (QED) is 0.856. The van der Waals surface area contributed by atoms with Gasteiger partial charge in [0.1, 0.15) is 0 Å². The monoisotopic (exact) mass is 279 g/mol. The number of para-hydroxylation sites is 2. The number of nitrogens with zero attached hydrogens (tertiary/aromatic N) is 1. The number of rotatable bonds is 6. The third-order valence-corrected chi connectivity index (χ3v) is 3.41. The molecule has 20 heavy (non-hydrogen) atoms. The maximum absolute atomic E-state index is 12.1. The highest BCUT2D eigenvalue weighted by Crippen LogP contribution is 2.26. The fraction of sp³-hybridized carbons (Fsp3) is 0.533. The van der Waals surface area contributed by atoms with Crippen LogP contribution in [-0.2, 0) is 4.79 Å². The van der Waals surface area contributed by atoms with E-state index in [1.54, 1.807) is 11.0 Å². The average Bonchev–Trinajstić information content (AvgIpc) is 2.95. The molecule has 1 aromatic carbocycles. The number of carbonyl (C=O) groups is 1. The van der Waals surface area contributed by atoms with E-state index in [4.69, 9.17) is 9.47 Å². The fourth-order valence-electron chi connectivity index (χ4n) is 2.42. The molecular weight excluding hydrogens is 258 g/mol. The highest BCUT2D eigenvalue weighted by molar-refractivity contribution is 5.78. The largest absolute Gasteiger partial charge is 0.490 e. The molecule has 5 heteroatoms. The van der Waals surface area contributed by atoms with E-state index in [2.05, 4.69) is 0 Å². The Morgan fingerprint density at radius 2 is 2.05 bits per heavy atom. The Balaban J connectivity index is 1.93. The van der Waals surface area contributed by atoms with Crippen molar-refractivity contribution in [2.75, 3.05) is 26.4 Å². The molecule has 1 N–H and O–H groups in total. The number of aliphatic hydroxyl groups excluding tert-OH is 1. The zero-order valence-electron chi connectivity index (χ0n) is 11.7. The molecule has 1 fully saturated rings. The molecule has 2 rings (SSSR count). The lowest BCUT2D eigenvalue weighted by Crippen LogP contribution is -2.40. The molecule has 0 aliphatic carbocycles. The summed E-state index contributed by atoms with van der Waals surface area (Å²) in [5, 5.41) is 9.23. The van der Waals surface area contributed by atoms with Crippen LogP contribution in [0.25, 0.3) is 0 Å². The molecule has 1 aliphatic heterocycles. The van der Waals surface area contributed by atoms with Crippen molar-refractivity contribution in [2.24, 2.45) is 0 Å². The molecule has 1 amide bonds. The number of amides is 1. The van der Waals surface area contributed by atoms with Crippen molar-refractivity contribution in [1.82, 2.24) is 4.90 Å². The Morgan fingerprint density at radius 3 is 2.70 bits per heavy atom. The molecule has 0 unspecified atom stereocenters. The van der Waals surface area contributed by atoms with Gasteiger partial charge in [0.25, 0.3) is 5.91 Å². The van der Waals surface area contributed by atoms with E-state index < -0.39 is 0 Å². The lowest BCUT2D eigenvalue weighted by molar-refractivity contribution is -0.134. The van der Waals surface area contributed by atoms with Crippen molar-refractivity contribution in [2.45, 2.75) is 25.8 Å². The standard InChI is InChI=1S/C15H21NO4/c1-2-19-13-7-3-4-8-14(13)20-11-15(18)16-9-5-6-12(16)10-17/h3-4,7-8,12,17H,2,5-6,9-11H2,1H3/t12-/m0/s1. The summed E-state index contributed by atoms with van der Waals surface area (Å²) in [5.74, 6) is 1.12. The van der Waals surface area contributed by atoms with Gasteiger partial charge in [0, 0.05) is 6.54 Å². The topological polar surface area (TPSA) is 59.0 Å². The second kappa shape index (κ2) is 7.14. The van der Waals surface area contributed by atoms with Crippen molar-refractivity contribution in [3.8, 4) is 11.5 Å². The summed E-state index contributed by atoms with van der Waals surface area (Å²) in [6.07, 6.45) is 1.80. The van der Waals surface area contributed by atoms with Crippen molar-refractivity contribution in [3.05, 3.63) is 24.3 Å². The van der Waals surface area contributed by atoms with Crippen molar-refractivity contribution in [3.63, 3.8) is 0 Å². The Bertz CT molecular complexity index is 449. The van der Waals surface area contributed by atoms with Gasteiger partial charge in [0.15, 0.2) is 18.1 Å². The molecule has 0 radical (unpaired) electrons. The van der Waals surface area contributed by atoms with Crippen LogP contribution in [0.5, 0.6) is 11.5 Å². The van der Waals surface area contributed by atoms with Crippen molar-refractivity contribution >= 4 is 5.91 Å². The SMILES string of the molecule is CCOc1ccccc1OCC(=O)N1CCC[C@H]1CO. The van der Waals surface area contributed by atoms with Gasteiger partial charge in [-0.3, -0.25) is 4.79 Å². The maximum atomic E-state index is 12.1. The number of aliphatic hydroxyl groups is 1. The highest BCUT2D eigenvalue weighted by atomic mass is 16.5. The number of hydrogen-bond acceptors (Lipinski definition) is 4. The predicted molar refractivity (Wildman–Crippen MR) is 74.9 cm³/mol. The first-order valence-corrected chi connectivity index (χ1v) is 7.01. The fourth-order valence-corrected chi connectivity index (χ4v) is 2.42. The molecule has 110 valence electrons. The van der Waals surface area contributed by atoms with Gasteiger partial charge in [-0.25, -0.2) is 0 Å². The first-order chi connectivity index (χ1) is 9.76. The number of carbonyl (C=O) groups excluding carboxylic acids is 1. The Kier molecular flexibility index (Phi) is 5.24. The van der Waals surface area contributed by atoms with Gasteiger partial charge in [-0.1, -0.05) is 12.1 Å². The van der Waals surface area contributed by atoms with Gasteiger partial charge < -0.3 is 19.5 Å². The van der Waals surface area contributed by atoms with Gasteiger partial charge in [0.2, 0.25) is 0 Å². The maximum Gasteiger partial charge on any atom is 0.260 e. The Hall–Kier alpha value is -1.75. The Morgan fingerprint density at radius 1 is 1.35 bits per heavy atom. The normalized spacial score (nSPS) is 18.1. The van der Waals surface area contributed by atoms with Gasteiger partial charge in [0.05, 0.1) is 19.3 Å². The van der Waals surface area contributed by atoms with Crippen LogP contribution >= 0.6 is 0 Å². The van der Waals surface area contributed by atoms with E-state index in [1.165, 1.54) is 0 Å². The van der Waals surface area contributed by atoms with Gasteiger partial charge in [-0.05, 0) is 31.9 Å². The van der Waals surface area contributed by atoms with Gasteiger partial charge >= 0.3 is 0 Å². The van der Waals surface area contributed by atoms with E-state index in [1.807, 2.05) is 25.1 Å². The summed E-state index contributed by atoms with van der Waals surface area (Å²) in [6, 6.07) is 7.24. The minimum absolute atomic E-state index is 0.0152. The van der Waals surface area contributed by atoms with Gasteiger partial charge in [-0.2, -0.15) is 0 Å². The molecule has 1 heterocycles. The molecule has 1 aromatic rings.